The average Bonchev–Trinajstić information content (AvgIpc) is 2.82. The number of nitrogens with zero attached hydrogens (tertiary/aromatic N) is 1. The van der Waals surface area contributed by atoms with Crippen molar-refractivity contribution in [1.29, 1.82) is 0 Å². The van der Waals surface area contributed by atoms with E-state index >= 15 is 0 Å². The zero-order valence-corrected chi connectivity index (χ0v) is 11.9. The number of hydrogen-bond acceptors (Lipinski definition) is 3. The molecule has 2 amide bonds. The highest BCUT2D eigenvalue weighted by atomic mass is 16.5. The zero-order chi connectivity index (χ0) is 14.6. The minimum absolute atomic E-state index is 0.0331. The third-order valence-corrected chi connectivity index (χ3v) is 5.09. The van der Waals surface area contributed by atoms with E-state index in [4.69, 9.17) is 4.74 Å². The Hall–Kier alpha value is -2.10. The van der Waals surface area contributed by atoms with E-state index in [-0.39, 0.29) is 35.5 Å². The number of methoxy groups -OCH3 is 1. The van der Waals surface area contributed by atoms with Gasteiger partial charge in [0.15, 0.2) is 0 Å². The molecule has 5 rings (SSSR count). The molecule has 2 fully saturated rings. The van der Waals surface area contributed by atoms with E-state index in [1.807, 2.05) is 0 Å². The van der Waals surface area contributed by atoms with Crippen LogP contribution in [0.2, 0.25) is 0 Å². The lowest BCUT2D eigenvalue weighted by Crippen LogP contribution is -2.38. The molecule has 4 nitrogen and oxygen atoms in total. The Morgan fingerprint density at radius 2 is 1.48 bits per heavy atom. The third-order valence-electron chi connectivity index (χ3n) is 5.09. The summed E-state index contributed by atoms with van der Waals surface area (Å²) in [5, 5.41) is 0. The van der Waals surface area contributed by atoms with E-state index in [1.54, 1.807) is 31.4 Å². The van der Waals surface area contributed by atoms with Gasteiger partial charge in [-0.25, -0.2) is 0 Å². The van der Waals surface area contributed by atoms with Crippen molar-refractivity contribution >= 4 is 17.5 Å². The van der Waals surface area contributed by atoms with Gasteiger partial charge in [0.1, 0.15) is 5.75 Å². The first kappa shape index (κ1) is 12.6. The molecule has 3 aliphatic carbocycles. The minimum Gasteiger partial charge on any atom is -0.497 e. The molecule has 4 heteroatoms. The second-order valence-electron chi connectivity index (χ2n) is 6.05. The minimum atomic E-state index is -0.150. The van der Waals surface area contributed by atoms with Gasteiger partial charge in [-0.15, -0.1) is 0 Å². The quantitative estimate of drug-likeness (QED) is 0.618. The molecule has 4 atom stereocenters. The number of allylic oxidation sites excluding steroid dienone is 2. The molecule has 1 heterocycles. The molecule has 2 bridgehead atoms. The van der Waals surface area contributed by atoms with E-state index in [0.717, 1.165) is 18.6 Å². The van der Waals surface area contributed by atoms with E-state index in [2.05, 4.69) is 12.2 Å². The fourth-order valence-electron chi connectivity index (χ4n) is 4.06. The van der Waals surface area contributed by atoms with Crippen LogP contribution in [0.25, 0.3) is 0 Å². The van der Waals surface area contributed by atoms with Gasteiger partial charge in [-0.05, 0) is 48.9 Å². The lowest BCUT2D eigenvalue weighted by Gasteiger charge is -2.38. The predicted molar refractivity (Wildman–Crippen MR) is 77.8 cm³/mol. The Kier molecular flexibility index (Phi) is 2.67. The molecule has 0 spiro atoms. The van der Waals surface area contributed by atoms with Crippen LogP contribution < -0.4 is 9.64 Å². The molecule has 0 N–H and O–H groups in total. The van der Waals surface area contributed by atoms with Gasteiger partial charge in [-0.3, -0.25) is 14.5 Å². The summed E-state index contributed by atoms with van der Waals surface area (Å²) in [6.07, 6.45) is 6.33. The molecule has 108 valence electrons. The van der Waals surface area contributed by atoms with Crippen LogP contribution in [0.1, 0.15) is 12.8 Å². The number of fused-ring (bicyclic) bond motifs is 1. The highest BCUT2D eigenvalue weighted by Gasteiger charge is 2.56. The zero-order valence-electron chi connectivity index (χ0n) is 11.9. The smallest absolute Gasteiger partial charge is 0.238 e. The van der Waals surface area contributed by atoms with Gasteiger partial charge in [-0.2, -0.15) is 0 Å². The Balaban J connectivity index is 1.71. The van der Waals surface area contributed by atoms with Crippen molar-refractivity contribution in [2.45, 2.75) is 12.8 Å². The monoisotopic (exact) mass is 283 g/mol. The van der Waals surface area contributed by atoms with E-state index in [9.17, 15) is 9.59 Å². The van der Waals surface area contributed by atoms with Crippen LogP contribution in [-0.2, 0) is 9.59 Å². The largest absolute Gasteiger partial charge is 0.497 e. The van der Waals surface area contributed by atoms with E-state index in [0.29, 0.717) is 5.69 Å². The maximum Gasteiger partial charge on any atom is 0.238 e. The summed E-state index contributed by atoms with van der Waals surface area (Å²) in [6, 6.07) is 7.12. The van der Waals surface area contributed by atoms with Gasteiger partial charge in [-0.1, -0.05) is 12.2 Å². The molecule has 1 aliphatic heterocycles. The fraction of sp³-hybridized carbons (Fsp3) is 0.412. The molecular weight excluding hydrogens is 266 g/mol. The molecule has 0 radical (unpaired) electrons. The van der Waals surface area contributed by atoms with Gasteiger partial charge in [0, 0.05) is 0 Å². The standard InChI is InChI=1S/C17H17NO3/c1-21-13-8-6-12(7-9-13)18-16(19)14-10-2-3-11(5-4-10)15(14)17(18)20/h2-3,6-11,14-15H,4-5H2,1H3/t10-,11+,14-,15-/m0/s1. The maximum atomic E-state index is 12.7. The summed E-state index contributed by atoms with van der Waals surface area (Å²) in [7, 11) is 1.60. The first-order valence-corrected chi connectivity index (χ1v) is 7.41. The molecule has 1 saturated carbocycles. The Morgan fingerprint density at radius 1 is 0.952 bits per heavy atom. The highest BCUT2D eigenvalue weighted by Crippen LogP contribution is 2.50. The van der Waals surface area contributed by atoms with Gasteiger partial charge in [0.25, 0.3) is 0 Å². The van der Waals surface area contributed by atoms with Crippen molar-refractivity contribution in [2.24, 2.45) is 23.7 Å². The molecular formula is C17H17NO3. The van der Waals surface area contributed by atoms with Crippen molar-refractivity contribution in [3.05, 3.63) is 36.4 Å². The number of imide groups is 1. The molecule has 1 aromatic carbocycles. The van der Waals surface area contributed by atoms with Crippen molar-refractivity contribution in [3.63, 3.8) is 0 Å². The highest BCUT2D eigenvalue weighted by molar-refractivity contribution is 6.22. The van der Waals surface area contributed by atoms with Crippen LogP contribution in [-0.4, -0.2) is 18.9 Å². The topological polar surface area (TPSA) is 46.6 Å². The molecule has 1 saturated heterocycles. The van der Waals surface area contributed by atoms with Crippen LogP contribution in [0.4, 0.5) is 5.69 Å². The molecule has 0 aromatic heterocycles. The summed E-state index contributed by atoms with van der Waals surface area (Å²) < 4.78 is 5.13. The Bertz CT molecular complexity index is 602. The van der Waals surface area contributed by atoms with Crippen molar-refractivity contribution in [2.75, 3.05) is 12.0 Å². The van der Waals surface area contributed by atoms with Crippen LogP contribution in [0.15, 0.2) is 36.4 Å². The van der Waals surface area contributed by atoms with Crippen LogP contribution in [0.3, 0.4) is 0 Å². The summed E-state index contributed by atoms with van der Waals surface area (Å²) in [5.74, 6) is 0.825. The second kappa shape index (κ2) is 4.45. The SMILES string of the molecule is COc1ccc(N2C(=O)[C@@H]3[C@@H](C2=O)[C@H]2C=C[C@@H]3CC2)cc1. The van der Waals surface area contributed by atoms with Gasteiger partial charge in [0.05, 0.1) is 24.6 Å². The van der Waals surface area contributed by atoms with E-state index in [1.165, 1.54) is 4.90 Å². The lowest BCUT2D eigenvalue weighted by molar-refractivity contribution is -0.124. The van der Waals surface area contributed by atoms with E-state index < -0.39 is 0 Å². The normalized spacial score (nSPS) is 33.5. The number of rotatable bonds is 2. The van der Waals surface area contributed by atoms with Crippen molar-refractivity contribution in [1.82, 2.24) is 0 Å². The van der Waals surface area contributed by atoms with Crippen LogP contribution in [0, 0.1) is 23.7 Å². The van der Waals surface area contributed by atoms with Crippen LogP contribution in [0.5, 0.6) is 5.75 Å². The Morgan fingerprint density at radius 3 is 1.90 bits per heavy atom. The first-order chi connectivity index (χ1) is 10.2. The summed E-state index contributed by atoms with van der Waals surface area (Å²) in [6.45, 7) is 0. The van der Waals surface area contributed by atoms with Gasteiger partial charge >= 0.3 is 0 Å². The van der Waals surface area contributed by atoms with Crippen molar-refractivity contribution in [3.8, 4) is 5.75 Å². The second-order valence-corrected chi connectivity index (χ2v) is 6.05. The fourth-order valence-corrected chi connectivity index (χ4v) is 4.06. The molecule has 21 heavy (non-hydrogen) atoms. The third kappa shape index (κ3) is 1.68. The van der Waals surface area contributed by atoms with Gasteiger partial charge < -0.3 is 4.74 Å². The Labute approximate surface area is 123 Å². The number of anilines is 1. The summed E-state index contributed by atoms with van der Waals surface area (Å²) in [5.41, 5.74) is 0.652. The maximum absolute atomic E-state index is 12.7. The number of benzene rings is 1. The van der Waals surface area contributed by atoms with Crippen molar-refractivity contribution < 1.29 is 14.3 Å². The number of carbonyl (C=O) groups excluding carboxylic acids is 2. The number of hydrogen-bond donors (Lipinski definition) is 0. The van der Waals surface area contributed by atoms with Crippen LogP contribution >= 0.6 is 0 Å². The molecule has 4 aliphatic rings. The number of ether oxygens (including phenoxy) is 1. The lowest BCUT2D eigenvalue weighted by atomic mass is 9.63. The van der Waals surface area contributed by atoms with Gasteiger partial charge in [0.2, 0.25) is 11.8 Å². The molecule has 1 aromatic rings. The summed E-state index contributed by atoms with van der Waals surface area (Å²) in [4.78, 5) is 26.9. The number of amides is 2. The average molecular weight is 283 g/mol. The molecule has 0 unspecified atom stereocenters. The predicted octanol–water partition coefficient (Wildman–Crippen LogP) is 2.40. The first-order valence-electron chi connectivity index (χ1n) is 7.41. The summed E-state index contributed by atoms with van der Waals surface area (Å²) >= 11 is 0. The number of carbonyl (C=O) groups is 2.